The number of anilines is 4. The number of para-hydroxylation sites is 2. The van der Waals surface area contributed by atoms with E-state index >= 15 is 0 Å². The average Bonchev–Trinajstić information content (AvgIpc) is 2.63. The van der Waals surface area contributed by atoms with Crippen LogP contribution in [0.2, 0.25) is 0 Å². The number of aryl methyl sites for hydroxylation is 1. The van der Waals surface area contributed by atoms with E-state index < -0.39 is 0 Å². The summed E-state index contributed by atoms with van der Waals surface area (Å²) < 4.78 is 0. The van der Waals surface area contributed by atoms with Crippen LogP contribution in [0.3, 0.4) is 0 Å². The smallest absolute Gasteiger partial charge is 0.0533 e. The molecular formula is C19H18N4O2-2. The van der Waals surface area contributed by atoms with Gasteiger partial charge in [-0.2, -0.15) is 0 Å². The van der Waals surface area contributed by atoms with Gasteiger partial charge < -0.3 is 31.6 Å². The molecule has 3 rings (SSSR count). The average molecular weight is 334 g/mol. The number of nitrogens with zero attached hydrogens (tertiary/aromatic N) is 2. The molecule has 0 amide bonds. The van der Waals surface area contributed by atoms with Crippen molar-refractivity contribution in [1.29, 1.82) is 0 Å². The summed E-state index contributed by atoms with van der Waals surface area (Å²) in [5.74, 6) is 0. The van der Waals surface area contributed by atoms with E-state index in [9.17, 15) is 10.4 Å². The van der Waals surface area contributed by atoms with Gasteiger partial charge >= 0.3 is 0 Å². The molecule has 0 aromatic heterocycles. The maximum absolute atomic E-state index is 12.3. The highest BCUT2D eigenvalue weighted by atomic mass is 16.5. The van der Waals surface area contributed by atoms with E-state index in [1.54, 1.807) is 49.4 Å². The summed E-state index contributed by atoms with van der Waals surface area (Å²) >= 11 is 0. The summed E-state index contributed by atoms with van der Waals surface area (Å²) in [5.41, 5.74) is 8.43. The predicted molar refractivity (Wildman–Crippen MR) is 103 cm³/mol. The zero-order chi connectivity index (χ0) is 17.6. The highest BCUT2D eigenvalue weighted by Gasteiger charge is 2.04. The normalized spacial score (nSPS) is 10.2. The lowest BCUT2D eigenvalue weighted by Gasteiger charge is -2.35. The van der Waals surface area contributed by atoms with E-state index in [1.165, 1.54) is 0 Å². The van der Waals surface area contributed by atoms with Crippen LogP contribution in [0.15, 0.2) is 78.9 Å². The Labute approximate surface area is 146 Å². The summed E-state index contributed by atoms with van der Waals surface area (Å²) in [4.78, 5) is 0. The predicted octanol–water partition coefficient (Wildman–Crippen LogP) is 4.66. The van der Waals surface area contributed by atoms with Crippen LogP contribution >= 0.6 is 0 Å². The van der Waals surface area contributed by atoms with Gasteiger partial charge in [0.15, 0.2) is 0 Å². The molecule has 0 saturated heterocycles. The monoisotopic (exact) mass is 334 g/mol. The lowest BCUT2D eigenvalue weighted by atomic mass is 10.2. The van der Waals surface area contributed by atoms with Crippen molar-refractivity contribution in [2.24, 2.45) is 0 Å². The number of hydrogen-bond acceptors (Lipinski definition) is 6. The van der Waals surface area contributed by atoms with E-state index in [0.29, 0.717) is 38.7 Å². The molecule has 6 heteroatoms. The Bertz CT molecular complexity index is 812. The third-order valence-corrected chi connectivity index (χ3v) is 3.64. The zero-order valence-electron chi connectivity index (χ0n) is 13.7. The number of nitrogens with one attached hydrogen (secondary N) is 2. The van der Waals surface area contributed by atoms with Crippen molar-refractivity contribution < 1.29 is 0 Å². The van der Waals surface area contributed by atoms with Crippen molar-refractivity contribution >= 4 is 22.7 Å². The first-order chi connectivity index (χ1) is 12.1. The van der Waals surface area contributed by atoms with E-state index in [-0.39, 0.29) is 0 Å². The second-order valence-corrected chi connectivity index (χ2v) is 5.52. The Morgan fingerprint density at radius 1 is 0.680 bits per heavy atom. The van der Waals surface area contributed by atoms with Crippen LogP contribution < -0.4 is 21.2 Å². The van der Waals surface area contributed by atoms with Gasteiger partial charge in [-0.1, -0.05) is 36.4 Å². The number of benzene rings is 3. The summed E-state index contributed by atoms with van der Waals surface area (Å²) in [6, 6.07) is 23.2. The first-order valence-corrected chi connectivity index (χ1v) is 7.82. The fraction of sp³-hybridized carbons (Fsp3) is 0.0526. The minimum atomic E-state index is 0.415. The van der Waals surface area contributed by atoms with Gasteiger partial charge in [-0.05, 0) is 55.0 Å². The summed E-state index contributed by atoms with van der Waals surface area (Å²) in [5, 5.41) is 25.9. The molecule has 3 aromatic carbocycles. The Hall–Kier alpha value is -3.22. The highest BCUT2D eigenvalue weighted by molar-refractivity contribution is 5.66. The number of hydrazine groups is 2. The quantitative estimate of drug-likeness (QED) is 0.639. The summed E-state index contributed by atoms with van der Waals surface area (Å²) in [6.07, 6.45) is 0. The SMILES string of the molecule is Cc1cc(N([O-])Nc2ccccc2)ccc1N([O-])Nc1ccccc1. The Balaban J connectivity index is 1.71. The van der Waals surface area contributed by atoms with Crippen molar-refractivity contribution in [3.05, 3.63) is 94.8 Å². The van der Waals surface area contributed by atoms with Crippen LogP contribution in [0.1, 0.15) is 5.56 Å². The van der Waals surface area contributed by atoms with E-state index in [2.05, 4.69) is 10.9 Å². The van der Waals surface area contributed by atoms with Crippen LogP contribution in [0.5, 0.6) is 0 Å². The lowest BCUT2D eigenvalue weighted by molar-refractivity contribution is 1.13. The van der Waals surface area contributed by atoms with Crippen LogP contribution in [-0.2, 0) is 0 Å². The first-order valence-electron chi connectivity index (χ1n) is 7.82. The molecule has 0 heterocycles. The fourth-order valence-corrected chi connectivity index (χ4v) is 2.38. The van der Waals surface area contributed by atoms with Gasteiger partial charge in [0.2, 0.25) is 0 Å². The second-order valence-electron chi connectivity index (χ2n) is 5.52. The van der Waals surface area contributed by atoms with Crippen molar-refractivity contribution in [3.63, 3.8) is 0 Å². The molecule has 2 N–H and O–H groups in total. The van der Waals surface area contributed by atoms with Crippen molar-refractivity contribution in [1.82, 2.24) is 0 Å². The Kier molecular flexibility index (Phi) is 5.03. The van der Waals surface area contributed by atoms with Crippen molar-refractivity contribution in [2.45, 2.75) is 6.92 Å². The first kappa shape index (κ1) is 16.6. The molecule has 0 bridgehead atoms. The molecular weight excluding hydrogens is 316 g/mol. The minimum absolute atomic E-state index is 0.415. The number of rotatable bonds is 6. The molecule has 0 spiro atoms. The topological polar surface area (TPSA) is 76.7 Å². The highest BCUT2D eigenvalue weighted by Crippen LogP contribution is 2.26. The fourth-order valence-electron chi connectivity index (χ4n) is 2.38. The van der Waals surface area contributed by atoms with E-state index in [4.69, 9.17) is 0 Å². The maximum atomic E-state index is 12.3. The third kappa shape index (κ3) is 4.20. The lowest BCUT2D eigenvalue weighted by Crippen LogP contribution is -2.25. The second kappa shape index (κ2) is 7.57. The van der Waals surface area contributed by atoms with Gasteiger partial charge in [0.25, 0.3) is 0 Å². The molecule has 0 fully saturated rings. The van der Waals surface area contributed by atoms with Gasteiger partial charge in [0, 0.05) is 11.4 Å². The molecule has 0 aliphatic heterocycles. The maximum Gasteiger partial charge on any atom is 0.0533 e. The van der Waals surface area contributed by atoms with Gasteiger partial charge in [0.1, 0.15) is 0 Å². The van der Waals surface area contributed by atoms with E-state index in [0.717, 1.165) is 0 Å². The third-order valence-electron chi connectivity index (χ3n) is 3.64. The molecule has 0 aliphatic carbocycles. The molecule has 0 aliphatic rings. The Morgan fingerprint density at radius 2 is 1.20 bits per heavy atom. The van der Waals surface area contributed by atoms with Crippen LogP contribution in [-0.4, -0.2) is 0 Å². The van der Waals surface area contributed by atoms with E-state index in [1.807, 2.05) is 36.4 Å². The molecule has 0 radical (unpaired) electrons. The van der Waals surface area contributed by atoms with Gasteiger partial charge in [-0.25, -0.2) is 0 Å². The van der Waals surface area contributed by atoms with Gasteiger partial charge in [-0.3, -0.25) is 0 Å². The molecule has 0 saturated carbocycles. The van der Waals surface area contributed by atoms with Crippen LogP contribution in [0.4, 0.5) is 22.7 Å². The molecule has 3 aromatic rings. The standard InChI is InChI=1S/C19H18N4O2/c1-15-14-18(22(24)20-16-8-4-2-5-9-16)12-13-19(15)23(25)21-17-10-6-3-7-11-17/h2-14,20-21H,1H3/q-2. The molecule has 0 unspecified atom stereocenters. The summed E-state index contributed by atoms with van der Waals surface area (Å²) in [6.45, 7) is 1.78. The molecule has 6 nitrogen and oxygen atoms in total. The van der Waals surface area contributed by atoms with Crippen LogP contribution in [0.25, 0.3) is 0 Å². The van der Waals surface area contributed by atoms with Crippen molar-refractivity contribution in [2.75, 3.05) is 21.2 Å². The van der Waals surface area contributed by atoms with Gasteiger partial charge in [0.05, 0.1) is 11.4 Å². The molecule has 25 heavy (non-hydrogen) atoms. The Morgan fingerprint density at radius 3 is 1.72 bits per heavy atom. The molecule has 0 atom stereocenters. The molecule has 128 valence electrons. The number of hydrogen-bond donors (Lipinski definition) is 2. The van der Waals surface area contributed by atoms with Gasteiger partial charge in [-0.15, -0.1) is 0 Å². The summed E-state index contributed by atoms with van der Waals surface area (Å²) in [7, 11) is 0. The largest absolute Gasteiger partial charge is 0.739 e. The van der Waals surface area contributed by atoms with Crippen LogP contribution in [0, 0.1) is 17.3 Å². The minimum Gasteiger partial charge on any atom is -0.739 e. The zero-order valence-corrected chi connectivity index (χ0v) is 13.7. The van der Waals surface area contributed by atoms with Crippen molar-refractivity contribution in [3.8, 4) is 0 Å².